The summed E-state index contributed by atoms with van der Waals surface area (Å²) in [7, 11) is 1.88. The van der Waals surface area contributed by atoms with E-state index in [1.165, 1.54) is 0 Å². The standard InChI is InChI=1S/C15H21N3O2/c1-5-10(3)14(19)16-11-7-8-13-12(9-11)15(20-6-2)17-18(13)4/h7-10H,5-6H2,1-4H3,(H,16,19)/t10-/m0/s1. The number of nitrogens with zero attached hydrogens (tertiary/aromatic N) is 2. The minimum atomic E-state index is 0.00552. The second-order valence-corrected chi connectivity index (χ2v) is 4.89. The first-order valence-electron chi connectivity index (χ1n) is 6.97. The van der Waals surface area contributed by atoms with E-state index in [9.17, 15) is 4.79 Å². The van der Waals surface area contributed by atoms with Crippen LogP contribution in [-0.4, -0.2) is 22.3 Å². The van der Waals surface area contributed by atoms with E-state index in [1.807, 2.05) is 46.0 Å². The van der Waals surface area contributed by atoms with Crippen LogP contribution in [-0.2, 0) is 11.8 Å². The molecule has 1 aromatic heterocycles. The van der Waals surface area contributed by atoms with E-state index in [0.717, 1.165) is 23.0 Å². The number of carbonyl (C=O) groups excluding carboxylic acids is 1. The maximum absolute atomic E-state index is 11.9. The number of rotatable bonds is 5. The van der Waals surface area contributed by atoms with Gasteiger partial charge in [0.05, 0.1) is 17.5 Å². The van der Waals surface area contributed by atoms with Crippen molar-refractivity contribution in [1.29, 1.82) is 0 Å². The Hall–Kier alpha value is -2.04. The lowest BCUT2D eigenvalue weighted by Gasteiger charge is -2.10. The number of carbonyl (C=O) groups is 1. The summed E-state index contributed by atoms with van der Waals surface area (Å²) in [5, 5.41) is 8.18. The molecule has 0 fully saturated rings. The smallest absolute Gasteiger partial charge is 0.240 e. The van der Waals surface area contributed by atoms with Gasteiger partial charge in [-0.3, -0.25) is 9.48 Å². The Morgan fingerprint density at radius 2 is 2.20 bits per heavy atom. The fourth-order valence-electron chi connectivity index (χ4n) is 2.01. The molecule has 20 heavy (non-hydrogen) atoms. The maximum Gasteiger partial charge on any atom is 0.240 e. The number of ether oxygens (including phenoxy) is 1. The molecule has 5 nitrogen and oxygen atoms in total. The molecule has 0 spiro atoms. The Balaban J connectivity index is 2.32. The summed E-state index contributed by atoms with van der Waals surface area (Å²) in [6, 6.07) is 5.74. The highest BCUT2D eigenvalue weighted by molar-refractivity contribution is 5.96. The minimum absolute atomic E-state index is 0.00552. The predicted molar refractivity (Wildman–Crippen MR) is 80.0 cm³/mol. The van der Waals surface area contributed by atoms with Gasteiger partial charge in [-0.15, -0.1) is 5.10 Å². The van der Waals surface area contributed by atoms with Gasteiger partial charge in [0.1, 0.15) is 0 Å². The molecule has 0 radical (unpaired) electrons. The molecule has 0 aliphatic carbocycles. The quantitative estimate of drug-likeness (QED) is 0.912. The van der Waals surface area contributed by atoms with E-state index < -0.39 is 0 Å². The zero-order valence-electron chi connectivity index (χ0n) is 12.4. The maximum atomic E-state index is 11.9. The molecule has 0 aliphatic heterocycles. The highest BCUT2D eigenvalue weighted by Gasteiger charge is 2.13. The molecule has 1 heterocycles. The summed E-state index contributed by atoms with van der Waals surface area (Å²) in [5.41, 5.74) is 1.76. The van der Waals surface area contributed by atoms with Crippen molar-refractivity contribution in [3.63, 3.8) is 0 Å². The number of aryl methyl sites for hydroxylation is 1. The largest absolute Gasteiger partial charge is 0.476 e. The minimum Gasteiger partial charge on any atom is -0.476 e. The van der Waals surface area contributed by atoms with E-state index in [0.29, 0.717) is 12.5 Å². The van der Waals surface area contributed by atoms with Crippen molar-refractivity contribution in [1.82, 2.24) is 9.78 Å². The Bertz CT molecular complexity index is 619. The Morgan fingerprint density at radius 1 is 1.45 bits per heavy atom. The summed E-state index contributed by atoms with van der Waals surface area (Å²) in [6.45, 7) is 6.41. The molecule has 1 atom stereocenters. The van der Waals surface area contributed by atoms with E-state index in [1.54, 1.807) is 4.68 Å². The molecule has 1 N–H and O–H groups in total. The van der Waals surface area contributed by atoms with Crippen LogP contribution >= 0.6 is 0 Å². The number of hydrogen-bond donors (Lipinski definition) is 1. The average molecular weight is 275 g/mol. The van der Waals surface area contributed by atoms with Gasteiger partial charge in [0.25, 0.3) is 0 Å². The number of hydrogen-bond acceptors (Lipinski definition) is 3. The number of aromatic nitrogens is 2. The summed E-state index contributed by atoms with van der Waals surface area (Å²) < 4.78 is 7.30. The van der Waals surface area contributed by atoms with Crippen LogP contribution in [0.2, 0.25) is 0 Å². The highest BCUT2D eigenvalue weighted by Crippen LogP contribution is 2.27. The third-order valence-electron chi connectivity index (χ3n) is 3.42. The summed E-state index contributed by atoms with van der Waals surface area (Å²) in [5.74, 6) is 0.643. The normalized spacial score (nSPS) is 12.4. The number of nitrogens with one attached hydrogen (secondary N) is 1. The van der Waals surface area contributed by atoms with E-state index >= 15 is 0 Å². The lowest BCUT2D eigenvalue weighted by molar-refractivity contribution is -0.119. The molecule has 0 aliphatic rings. The number of benzene rings is 1. The fraction of sp³-hybridized carbons (Fsp3) is 0.467. The van der Waals surface area contributed by atoms with Crippen molar-refractivity contribution in [2.75, 3.05) is 11.9 Å². The van der Waals surface area contributed by atoms with Crippen LogP contribution in [0.15, 0.2) is 18.2 Å². The molecule has 0 saturated heterocycles. The molecule has 5 heteroatoms. The molecule has 0 saturated carbocycles. The molecule has 108 valence electrons. The Morgan fingerprint density at radius 3 is 2.85 bits per heavy atom. The van der Waals surface area contributed by atoms with Crippen LogP contribution in [0, 0.1) is 5.92 Å². The van der Waals surface area contributed by atoms with Gasteiger partial charge >= 0.3 is 0 Å². The summed E-state index contributed by atoms with van der Waals surface area (Å²) >= 11 is 0. The van der Waals surface area contributed by atoms with Gasteiger partial charge in [0.15, 0.2) is 0 Å². The van der Waals surface area contributed by atoms with Gasteiger partial charge in [-0.2, -0.15) is 0 Å². The molecular formula is C15H21N3O2. The fourth-order valence-corrected chi connectivity index (χ4v) is 2.01. The first-order chi connectivity index (χ1) is 9.56. The van der Waals surface area contributed by atoms with E-state index in [2.05, 4.69) is 10.4 Å². The van der Waals surface area contributed by atoms with E-state index in [4.69, 9.17) is 4.74 Å². The first kappa shape index (κ1) is 14.4. The molecule has 0 unspecified atom stereocenters. The van der Waals surface area contributed by atoms with Gasteiger partial charge in [-0.1, -0.05) is 13.8 Å². The third-order valence-corrected chi connectivity index (χ3v) is 3.42. The van der Waals surface area contributed by atoms with Crippen molar-refractivity contribution in [3.8, 4) is 5.88 Å². The Labute approximate surface area is 118 Å². The van der Waals surface area contributed by atoms with Gasteiger partial charge in [0, 0.05) is 18.7 Å². The second-order valence-electron chi connectivity index (χ2n) is 4.89. The SMILES string of the molecule is CCOc1nn(C)c2ccc(NC(=O)[C@@H](C)CC)cc12. The van der Waals surface area contributed by atoms with Gasteiger partial charge in [0.2, 0.25) is 11.8 Å². The molecule has 1 aromatic carbocycles. The lowest BCUT2D eigenvalue weighted by atomic mass is 10.1. The van der Waals surface area contributed by atoms with Gasteiger partial charge in [-0.05, 0) is 31.5 Å². The Kier molecular flexibility index (Phi) is 4.27. The zero-order chi connectivity index (χ0) is 14.7. The topological polar surface area (TPSA) is 56.1 Å². The average Bonchev–Trinajstić information content (AvgIpc) is 2.74. The summed E-state index contributed by atoms with van der Waals surface area (Å²) in [6.07, 6.45) is 0.825. The lowest BCUT2D eigenvalue weighted by Crippen LogP contribution is -2.19. The highest BCUT2D eigenvalue weighted by atomic mass is 16.5. The molecule has 2 aromatic rings. The van der Waals surface area contributed by atoms with Crippen LogP contribution in [0.1, 0.15) is 27.2 Å². The van der Waals surface area contributed by atoms with Crippen LogP contribution < -0.4 is 10.1 Å². The van der Waals surface area contributed by atoms with Crippen molar-refractivity contribution in [2.24, 2.45) is 13.0 Å². The van der Waals surface area contributed by atoms with Crippen LogP contribution in [0.4, 0.5) is 5.69 Å². The van der Waals surface area contributed by atoms with Gasteiger partial charge < -0.3 is 10.1 Å². The first-order valence-corrected chi connectivity index (χ1v) is 6.97. The third kappa shape index (κ3) is 2.76. The van der Waals surface area contributed by atoms with Crippen molar-refractivity contribution in [3.05, 3.63) is 18.2 Å². The second kappa shape index (κ2) is 5.94. The number of anilines is 1. The van der Waals surface area contributed by atoms with Crippen molar-refractivity contribution >= 4 is 22.5 Å². The van der Waals surface area contributed by atoms with Crippen LogP contribution in [0.25, 0.3) is 10.9 Å². The summed E-state index contributed by atoms with van der Waals surface area (Å²) in [4.78, 5) is 11.9. The monoisotopic (exact) mass is 275 g/mol. The van der Waals surface area contributed by atoms with Crippen LogP contribution in [0.3, 0.4) is 0 Å². The van der Waals surface area contributed by atoms with E-state index in [-0.39, 0.29) is 11.8 Å². The molecule has 1 amide bonds. The van der Waals surface area contributed by atoms with Gasteiger partial charge in [-0.25, -0.2) is 0 Å². The molecule has 0 bridgehead atoms. The van der Waals surface area contributed by atoms with Crippen LogP contribution in [0.5, 0.6) is 5.88 Å². The molecule has 2 rings (SSSR count). The molecular weight excluding hydrogens is 254 g/mol. The number of amides is 1. The van der Waals surface area contributed by atoms with Crippen molar-refractivity contribution < 1.29 is 9.53 Å². The predicted octanol–water partition coefficient (Wildman–Crippen LogP) is 2.96. The zero-order valence-corrected chi connectivity index (χ0v) is 12.4. The van der Waals surface area contributed by atoms with Crippen molar-refractivity contribution in [2.45, 2.75) is 27.2 Å². The number of fused-ring (bicyclic) bond motifs is 1.